The van der Waals surface area contributed by atoms with Gasteiger partial charge in [-0.15, -0.1) is 0 Å². The van der Waals surface area contributed by atoms with Gasteiger partial charge in [0.05, 0.1) is 24.0 Å². The second-order valence-corrected chi connectivity index (χ2v) is 11.2. The van der Waals surface area contributed by atoms with E-state index in [4.69, 9.17) is 9.47 Å². The average Bonchev–Trinajstić information content (AvgIpc) is 3.12. The van der Waals surface area contributed by atoms with E-state index in [-0.39, 0.29) is 30.7 Å². The van der Waals surface area contributed by atoms with Gasteiger partial charge in [0.2, 0.25) is 10.0 Å². The predicted octanol–water partition coefficient (Wildman–Crippen LogP) is 2.42. The number of nitrogens with one attached hydrogen (secondary N) is 1. The molecule has 30 heavy (non-hydrogen) atoms. The number of amides is 1. The van der Waals surface area contributed by atoms with E-state index in [2.05, 4.69) is 10.8 Å². The number of nitrogens with zero attached hydrogens (tertiary/aromatic N) is 1. The lowest BCUT2D eigenvalue weighted by molar-refractivity contribution is -0.136. The van der Waals surface area contributed by atoms with Crippen LogP contribution in [0.2, 0.25) is 0 Å². The van der Waals surface area contributed by atoms with E-state index in [1.165, 1.54) is 5.56 Å². The molecule has 1 amide bonds. The van der Waals surface area contributed by atoms with Crippen LogP contribution < -0.4 is 9.46 Å². The molecule has 2 atom stereocenters. The van der Waals surface area contributed by atoms with E-state index in [9.17, 15) is 13.2 Å². The van der Waals surface area contributed by atoms with Gasteiger partial charge in [-0.25, -0.2) is 13.1 Å². The van der Waals surface area contributed by atoms with Crippen molar-refractivity contribution in [3.63, 3.8) is 0 Å². The van der Waals surface area contributed by atoms with E-state index < -0.39 is 15.3 Å². The fraction of sp³-hybridized carbons (Fsp3) is 0.682. The van der Waals surface area contributed by atoms with E-state index >= 15 is 0 Å². The summed E-state index contributed by atoms with van der Waals surface area (Å²) in [4.78, 5) is 14.7. The predicted molar refractivity (Wildman–Crippen MR) is 114 cm³/mol. The molecule has 1 saturated heterocycles. The monoisotopic (exact) mass is 436 g/mol. The van der Waals surface area contributed by atoms with Gasteiger partial charge in [-0.1, -0.05) is 18.2 Å². The maximum atomic E-state index is 13.0. The highest BCUT2D eigenvalue weighted by Crippen LogP contribution is 2.39. The average molecular weight is 437 g/mol. The van der Waals surface area contributed by atoms with Crippen molar-refractivity contribution >= 4 is 15.9 Å². The third-order valence-corrected chi connectivity index (χ3v) is 8.56. The smallest absolute Gasteiger partial charge is 0.260 e. The van der Waals surface area contributed by atoms with Crippen molar-refractivity contribution in [2.45, 2.75) is 75.3 Å². The van der Waals surface area contributed by atoms with Gasteiger partial charge in [-0.3, -0.25) is 4.79 Å². The van der Waals surface area contributed by atoms with Crippen molar-refractivity contribution in [2.24, 2.45) is 0 Å². The second-order valence-electron chi connectivity index (χ2n) is 8.89. The number of sulfonamides is 1. The zero-order valence-corrected chi connectivity index (χ0v) is 18.6. The van der Waals surface area contributed by atoms with Crippen molar-refractivity contribution in [1.29, 1.82) is 0 Å². The van der Waals surface area contributed by atoms with E-state index in [1.807, 2.05) is 18.2 Å². The maximum Gasteiger partial charge on any atom is 0.260 e. The Labute approximate surface area is 179 Å². The standard InChI is InChI=1S/C22H32N2O5S/c1-15(2)30(26,27)23-19-11-12-24-20(19)13-28-17-9-7-16(8-10-17)18-5-3-4-6-21(18)29-14-22(24)25/h3-6,15-17,19-20,23H,7-14H2,1-2H3/t16-,17+,19-,20-/m0/s1. The molecule has 2 fully saturated rings. The van der Waals surface area contributed by atoms with Crippen LogP contribution >= 0.6 is 0 Å². The highest BCUT2D eigenvalue weighted by Gasteiger charge is 2.40. The zero-order valence-electron chi connectivity index (χ0n) is 17.7. The normalized spacial score (nSPS) is 30.1. The lowest BCUT2D eigenvalue weighted by Crippen LogP contribution is -2.51. The summed E-state index contributed by atoms with van der Waals surface area (Å²) in [5.74, 6) is 1.07. The molecule has 2 bridgehead atoms. The first-order chi connectivity index (χ1) is 14.3. The molecular weight excluding hydrogens is 404 g/mol. The Kier molecular flexibility index (Phi) is 6.36. The number of benzene rings is 1. The fourth-order valence-corrected chi connectivity index (χ4v) is 5.77. The molecule has 0 aromatic heterocycles. The van der Waals surface area contributed by atoms with Crippen LogP contribution in [0.4, 0.5) is 0 Å². The number of fused-ring (bicyclic) bond motifs is 5. The summed E-state index contributed by atoms with van der Waals surface area (Å²) in [6, 6.07) is 7.34. The van der Waals surface area contributed by atoms with Crippen LogP contribution in [-0.2, 0) is 19.6 Å². The highest BCUT2D eigenvalue weighted by atomic mass is 32.2. The molecule has 166 valence electrons. The van der Waals surface area contributed by atoms with E-state index in [0.29, 0.717) is 25.5 Å². The molecule has 1 aliphatic carbocycles. The largest absolute Gasteiger partial charge is 0.483 e. The van der Waals surface area contributed by atoms with Gasteiger partial charge in [0.25, 0.3) is 5.91 Å². The van der Waals surface area contributed by atoms with Gasteiger partial charge in [-0.05, 0) is 63.5 Å². The van der Waals surface area contributed by atoms with Crippen molar-refractivity contribution < 1.29 is 22.7 Å². The van der Waals surface area contributed by atoms with Crippen molar-refractivity contribution in [3.8, 4) is 5.75 Å². The summed E-state index contributed by atoms with van der Waals surface area (Å²) in [5.41, 5.74) is 1.17. The van der Waals surface area contributed by atoms with Gasteiger partial charge >= 0.3 is 0 Å². The number of rotatable bonds is 3. The third-order valence-electron chi connectivity index (χ3n) is 6.69. The molecule has 3 aliphatic heterocycles. The Morgan fingerprint density at radius 1 is 1.10 bits per heavy atom. The molecule has 1 saturated carbocycles. The molecule has 0 radical (unpaired) electrons. The molecule has 8 heteroatoms. The van der Waals surface area contributed by atoms with Gasteiger partial charge in [-0.2, -0.15) is 0 Å². The molecule has 4 aliphatic rings. The zero-order chi connectivity index (χ0) is 21.3. The van der Waals surface area contributed by atoms with Crippen LogP contribution in [0.15, 0.2) is 24.3 Å². The summed E-state index contributed by atoms with van der Waals surface area (Å²) in [6.45, 7) is 4.11. The van der Waals surface area contributed by atoms with Crippen molar-refractivity contribution in [1.82, 2.24) is 9.62 Å². The van der Waals surface area contributed by atoms with Gasteiger partial charge in [0, 0.05) is 12.6 Å². The maximum absolute atomic E-state index is 13.0. The number of carbonyl (C=O) groups excluding carboxylic acids is 1. The number of ether oxygens (including phenoxy) is 2. The first-order valence-electron chi connectivity index (χ1n) is 11.0. The molecule has 1 aromatic rings. The fourth-order valence-electron chi connectivity index (χ4n) is 4.80. The van der Waals surface area contributed by atoms with Crippen LogP contribution in [0.25, 0.3) is 0 Å². The number of para-hydroxylation sites is 1. The Hall–Kier alpha value is -1.64. The van der Waals surface area contributed by atoms with Crippen LogP contribution in [0.1, 0.15) is 57.4 Å². The summed E-state index contributed by atoms with van der Waals surface area (Å²) in [7, 11) is -3.43. The molecule has 3 heterocycles. The van der Waals surface area contributed by atoms with Gasteiger partial charge in [0.1, 0.15) is 5.75 Å². The molecule has 7 nitrogen and oxygen atoms in total. The number of hydrogen-bond donors (Lipinski definition) is 1. The minimum atomic E-state index is -3.43. The molecule has 1 N–H and O–H groups in total. The Bertz CT molecular complexity index is 864. The number of hydrogen-bond acceptors (Lipinski definition) is 5. The Morgan fingerprint density at radius 2 is 1.83 bits per heavy atom. The summed E-state index contributed by atoms with van der Waals surface area (Å²) in [6.07, 6.45) is 4.70. The highest BCUT2D eigenvalue weighted by molar-refractivity contribution is 7.90. The van der Waals surface area contributed by atoms with Crippen LogP contribution in [0.3, 0.4) is 0 Å². The summed E-state index contributed by atoms with van der Waals surface area (Å²) >= 11 is 0. The van der Waals surface area contributed by atoms with Crippen LogP contribution in [0, 0.1) is 0 Å². The molecular formula is C22H32N2O5S. The van der Waals surface area contributed by atoms with Gasteiger partial charge in [0.15, 0.2) is 6.61 Å². The Morgan fingerprint density at radius 3 is 2.57 bits per heavy atom. The SMILES string of the molecule is CC(C)S(=O)(=O)N[C@H]1CCN2C(=O)COc3ccccc3[C@H]3CC[C@H](CC3)OC[C@@H]12. The second kappa shape index (κ2) is 8.85. The molecule has 5 rings (SSSR count). The molecule has 0 unspecified atom stereocenters. The third kappa shape index (κ3) is 4.50. The topological polar surface area (TPSA) is 84.9 Å². The van der Waals surface area contributed by atoms with Crippen molar-refractivity contribution in [3.05, 3.63) is 29.8 Å². The summed E-state index contributed by atoms with van der Waals surface area (Å²) < 4.78 is 39.9. The van der Waals surface area contributed by atoms with E-state index in [1.54, 1.807) is 18.7 Å². The first-order valence-corrected chi connectivity index (χ1v) is 12.5. The van der Waals surface area contributed by atoms with Crippen LogP contribution in [-0.4, -0.2) is 62.4 Å². The molecule has 0 spiro atoms. The first kappa shape index (κ1) is 21.6. The quantitative estimate of drug-likeness (QED) is 0.787. The van der Waals surface area contributed by atoms with E-state index in [0.717, 1.165) is 31.4 Å². The minimum Gasteiger partial charge on any atom is -0.483 e. The lowest BCUT2D eigenvalue weighted by atomic mass is 9.82. The lowest BCUT2D eigenvalue weighted by Gasteiger charge is -2.32. The summed E-state index contributed by atoms with van der Waals surface area (Å²) in [5, 5.41) is -0.520. The minimum absolute atomic E-state index is 0.0483. The Balaban J connectivity index is 1.57. The van der Waals surface area contributed by atoms with Crippen LogP contribution in [0.5, 0.6) is 5.75 Å². The number of carbonyl (C=O) groups is 1. The van der Waals surface area contributed by atoms with Crippen molar-refractivity contribution in [2.75, 3.05) is 19.8 Å². The van der Waals surface area contributed by atoms with Gasteiger partial charge < -0.3 is 14.4 Å². The molecule has 1 aromatic carbocycles.